The molecule has 0 aromatic heterocycles. The van der Waals surface area contributed by atoms with E-state index in [9.17, 15) is 4.79 Å². The quantitative estimate of drug-likeness (QED) is 0.480. The minimum atomic E-state index is -0.283. The van der Waals surface area contributed by atoms with Crippen molar-refractivity contribution in [1.29, 1.82) is 0 Å². The molecule has 0 heterocycles. The first-order valence-corrected chi connectivity index (χ1v) is 9.63. The molecule has 0 spiro atoms. The van der Waals surface area contributed by atoms with E-state index in [1.54, 1.807) is 38.5 Å². The fraction of sp³-hybridized carbons (Fsp3) is 0.125. The lowest BCUT2D eigenvalue weighted by Gasteiger charge is -2.10. The van der Waals surface area contributed by atoms with Crippen LogP contribution in [-0.2, 0) is 11.4 Å². The number of carbonyl (C=O) groups excluding carboxylic acids is 1. The molecule has 3 rings (SSSR count). The zero-order valence-corrected chi connectivity index (χ0v) is 17.5. The molecule has 0 saturated heterocycles. The number of hydrogen-bond acceptors (Lipinski definition) is 4. The molecule has 1 N–H and O–H groups in total. The number of hydrogen-bond donors (Lipinski definition) is 1. The van der Waals surface area contributed by atoms with Gasteiger partial charge in [-0.05, 0) is 53.6 Å². The Bertz CT molecular complexity index is 1030. The summed E-state index contributed by atoms with van der Waals surface area (Å²) in [7, 11) is 3.11. The molecule has 0 bridgehead atoms. The molecule has 0 radical (unpaired) electrons. The van der Waals surface area contributed by atoms with E-state index in [0.717, 1.165) is 11.1 Å². The highest BCUT2D eigenvalue weighted by Crippen LogP contribution is 2.29. The van der Waals surface area contributed by atoms with Gasteiger partial charge in [-0.2, -0.15) is 0 Å². The highest BCUT2D eigenvalue weighted by molar-refractivity contribution is 6.30. The average molecular weight is 424 g/mol. The third-order valence-electron chi connectivity index (χ3n) is 4.27. The number of rotatable bonds is 8. The molecule has 3 aromatic rings. The molecule has 1 amide bonds. The smallest absolute Gasteiger partial charge is 0.248 e. The van der Waals surface area contributed by atoms with Crippen molar-refractivity contribution in [3.63, 3.8) is 0 Å². The Hall–Kier alpha value is -3.44. The van der Waals surface area contributed by atoms with Crippen molar-refractivity contribution >= 4 is 29.3 Å². The normalized spacial score (nSPS) is 10.6. The second kappa shape index (κ2) is 10.4. The van der Waals surface area contributed by atoms with Gasteiger partial charge in [0.25, 0.3) is 0 Å². The number of amides is 1. The maximum atomic E-state index is 12.3. The summed E-state index contributed by atoms with van der Waals surface area (Å²) in [6.07, 6.45) is 3.17. The van der Waals surface area contributed by atoms with Gasteiger partial charge in [0.1, 0.15) is 23.9 Å². The molecule has 0 saturated carbocycles. The van der Waals surface area contributed by atoms with Gasteiger partial charge in [0.2, 0.25) is 5.91 Å². The number of methoxy groups -OCH3 is 2. The number of benzene rings is 3. The van der Waals surface area contributed by atoms with Gasteiger partial charge in [-0.3, -0.25) is 4.79 Å². The number of ether oxygens (including phenoxy) is 3. The van der Waals surface area contributed by atoms with Gasteiger partial charge >= 0.3 is 0 Å². The van der Waals surface area contributed by atoms with Gasteiger partial charge in [0, 0.05) is 17.2 Å². The van der Waals surface area contributed by atoms with E-state index in [0.29, 0.717) is 34.6 Å². The Morgan fingerprint density at radius 3 is 2.50 bits per heavy atom. The van der Waals surface area contributed by atoms with E-state index in [1.165, 1.54) is 6.08 Å². The second-order valence-electron chi connectivity index (χ2n) is 6.38. The van der Waals surface area contributed by atoms with Crippen LogP contribution in [0.4, 0.5) is 5.69 Å². The van der Waals surface area contributed by atoms with Gasteiger partial charge in [0.15, 0.2) is 0 Å². The van der Waals surface area contributed by atoms with Crippen LogP contribution >= 0.6 is 11.6 Å². The van der Waals surface area contributed by atoms with Gasteiger partial charge in [-0.25, -0.2) is 0 Å². The van der Waals surface area contributed by atoms with E-state index in [-0.39, 0.29) is 5.91 Å². The van der Waals surface area contributed by atoms with E-state index in [2.05, 4.69) is 5.32 Å². The summed E-state index contributed by atoms with van der Waals surface area (Å²) in [4.78, 5) is 12.3. The molecule has 0 atom stereocenters. The fourth-order valence-corrected chi connectivity index (χ4v) is 2.84. The second-order valence-corrected chi connectivity index (χ2v) is 6.81. The maximum absolute atomic E-state index is 12.3. The fourth-order valence-electron chi connectivity index (χ4n) is 2.71. The molecule has 0 aliphatic carbocycles. The molecule has 5 nitrogen and oxygen atoms in total. The lowest BCUT2D eigenvalue weighted by Crippen LogP contribution is -2.09. The van der Waals surface area contributed by atoms with E-state index < -0.39 is 0 Å². The van der Waals surface area contributed by atoms with Crippen LogP contribution in [0.5, 0.6) is 17.2 Å². The summed E-state index contributed by atoms with van der Waals surface area (Å²) in [5, 5.41) is 3.49. The average Bonchev–Trinajstić information content (AvgIpc) is 2.77. The molecule has 0 fully saturated rings. The standard InChI is InChI=1S/C24H22ClNO4/c1-28-20-11-12-23(29-2)22(15-20)26-24(27)13-8-17-4-3-5-21(14-17)30-16-18-6-9-19(25)10-7-18/h3-15H,16H2,1-2H3,(H,26,27)/b13-8+. The minimum Gasteiger partial charge on any atom is -0.497 e. The van der Waals surface area contributed by atoms with Gasteiger partial charge in [-0.15, -0.1) is 0 Å². The Morgan fingerprint density at radius 2 is 1.77 bits per heavy atom. The van der Waals surface area contributed by atoms with Crippen LogP contribution in [0.3, 0.4) is 0 Å². The Morgan fingerprint density at radius 1 is 0.967 bits per heavy atom. The first-order chi connectivity index (χ1) is 14.6. The van der Waals surface area contributed by atoms with Crippen molar-refractivity contribution in [3.8, 4) is 17.2 Å². The summed E-state index contributed by atoms with van der Waals surface area (Å²) in [5.74, 6) is 1.60. The molecule has 154 valence electrons. The zero-order valence-electron chi connectivity index (χ0n) is 16.7. The van der Waals surface area contributed by atoms with E-state index in [4.69, 9.17) is 25.8 Å². The lowest BCUT2D eigenvalue weighted by molar-refractivity contribution is -0.111. The van der Waals surface area contributed by atoms with Crippen LogP contribution < -0.4 is 19.5 Å². The van der Waals surface area contributed by atoms with Crippen LogP contribution in [0.25, 0.3) is 6.08 Å². The molecule has 30 heavy (non-hydrogen) atoms. The Balaban J connectivity index is 1.62. The van der Waals surface area contributed by atoms with Crippen molar-refractivity contribution in [2.75, 3.05) is 19.5 Å². The molecular formula is C24H22ClNO4. The molecule has 6 heteroatoms. The third kappa shape index (κ3) is 6.03. The van der Waals surface area contributed by atoms with E-state index >= 15 is 0 Å². The predicted molar refractivity (Wildman–Crippen MR) is 119 cm³/mol. The summed E-state index contributed by atoms with van der Waals surface area (Å²) in [6, 6.07) is 20.2. The molecule has 0 aliphatic heterocycles. The number of halogens is 1. The predicted octanol–water partition coefficient (Wildman–Crippen LogP) is 5.59. The van der Waals surface area contributed by atoms with Crippen molar-refractivity contribution in [2.24, 2.45) is 0 Å². The zero-order chi connectivity index (χ0) is 21.3. The summed E-state index contributed by atoms with van der Waals surface area (Å²) in [5.41, 5.74) is 2.40. The van der Waals surface area contributed by atoms with Crippen molar-refractivity contribution in [3.05, 3.63) is 89.0 Å². The molecule has 0 unspecified atom stereocenters. The molecule has 0 aliphatic rings. The van der Waals surface area contributed by atoms with Crippen LogP contribution in [0.1, 0.15) is 11.1 Å². The Kier molecular flexibility index (Phi) is 7.35. The first kappa shape index (κ1) is 21.3. The molecular weight excluding hydrogens is 402 g/mol. The van der Waals surface area contributed by atoms with E-state index in [1.807, 2.05) is 48.5 Å². The summed E-state index contributed by atoms with van der Waals surface area (Å²) < 4.78 is 16.3. The first-order valence-electron chi connectivity index (χ1n) is 9.26. The third-order valence-corrected chi connectivity index (χ3v) is 4.52. The number of anilines is 1. The van der Waals surface area contributed by atoms with Crippen LogP contribution in [0.2, 0.25) is 5.02 Å². The van der Waals surface area contributed by atoms with Gasteiger partial charge in [0.05, 0.1) is 19.9 Å². The minimum absolute atomic E-state index is 0.283. The van der Waals surface area contributed by atoms with Crippen LogP contribution in [-0.4, -0.2) is 20.1 Å². The van der Waals surface area contributed by atoms with Crippen LogP contribution in [0, 0.1) is 0 Å². The SMILES string of the molecule is COc1ccc(OC)c(NC(=O)/C=C/c2cccc(OCc3ccc(Cl)cc3)c2)c1. The topological polar surface area (TPSA) is 56.8 Å². The summed E-state index contributed by atoms with van der Waals surface area (Å²) in [6.45, 7) is 0.431. The van der Waals surface area contributed by atoms with Crippen LogP contribution in [0.15, 0.2) is 72.8 Å². The summed E-state index contributed by atoms with van der Waals surface area (Å²) >= 11 is 5.90. The monoisotopic (exact) mass is 423 g/mol. The Labute approximate surface area is 180 Å². The van der Waals surface area contributed by atoms with Crippen molar-refractivity contribution < 1.29 is 19.0 Å². The largest absolute Gasteiger partial charge is 0.497 e. The van der Waals surface area contributed by atoms with Crippen molar-refractivity contribution in [1.82, 2.24) is 0 Å². The van der Waals surface area contributed by atoms with Crippen molar-refractivity contribution in [2.45, 2.75) is 6.61 Å². The number of carbonyl (C=O) groups is 1. The van der Waals surface area contributed by atoms with Gasteiger partial charge in [-0.1, -0.05) is 35.9 Å². The molecule has 3 aromatic carbocycles. The highest BCUT2D eigenvalue weighted by Gasteiger charge is 2.07. The van der Waals surface area contributed by atoms with Gasteiger partial charge < -0.3 is 19.5 Å². The highest BCUT2D eigenvalue weighted by atomic mass is 35.5. The maximum Gasteiger partial charge on any atom is 0.248 e. The lowest BCUT2D eigenvalue weighted by atomic mass is 10.2. The number of nitrogens with one attached hydrogen (secondary N) is 1.